The van der Waals surface area contributed by atoms with Crippen LogP contribution in [0.25, 0.3) is 11.1 Å². The molecule has 0 radical (unpaired) electrons. The van der Waals surface area contributed by atoms with Crippen molar-refractivity contribution in [3.8, 4) is 0 Å². The van der Waals surface area contributed by atoms with Gasteiger partial charge in [-0.3, -0.25) is 0 Å². The minimum atomic E-state index is -0.701. The minimum Gasteiger partial charge on any atom is -0.438 e. The number of nitrogens with zero attached hydrogens (tertiary/aromatic N) is 1. The molecule has 0 unspecified atom stereocenters. The number of benzene rings is 1. The maximum Gasteiger partial charge on any atom is 0.228 e. The highest BCUT2D eigenvalue weighted by Crippen LogP contribution is 2.27. The zero-order valence-electron chi connectivity index (χ0n) is 6.92. The van der Waals surface area contributed by atoms with Crippen LogP contribution >= 0.6 is 23.2 Å². The Morgan fingerprint density at radius 1 is 1.38 bits per heavy atom. The molecule has 1 aromatic heterocycles. The number of aryl methyl sites for hydroxylation is 1. The van der Waals surface area contributed by atoms with Crippen LogP contribution in [0.2, 0.25) is 0 Å². The van der Waals surface area contributed by atoms with Gasteiger partial charge in [0, 0.05) is 0 Å². The molecular weight excluding hydrogens is 209 g/mol. The number of hydrogen-bond donors (Lipinski definition) is 0. The van der Waals surface area contributed by atoms with Gasteiger partial charge in [0.25, 0.3) is 0 Å². The highest BCUT2D eigenvalue weighted by molar-refractivity contribution is 6.43. The molecule has 2 rings (SSSR count). The van der Waals surface area contributed by atoms with Crippen LogP contribution in [-0.2, 0) is 0 Å². The Kier molecular flexibility index (Phi) is 2.18. The molecule has 0 saturated heterocycles. The molecule has 4 heteroatoms. The van der Waals surface area contributed by atoms with E-state index in [1.165, 1.54) is 0 Å². The van der Waals surface area contributed by atoms with Gasteiger partial charge in [-0.25, -0.2) is 4.98 Å². The van der Waals surface area contributed by atoms with Gasteiger partial charge in [0.2, 0.25) is 5.89 Å². The lowest BCUT2D eigenvalue weighted by Gasteiger charge is -1.89. The molecule has 0 fully saturated rings. The third-order valence-corrected chi connectivity index (χ3v) is 2.12. The van der Waals surface area contributed by atoms with Gasteiger partial charge in [0.05, 0.1) is 0 Å². The normalized spacial score (nSPS) is 11.4. The Bertz CT molecular complexity index is 436. The molecule has 1 heterocycles. The molecule has 13 heavy (non-hydrogen) atoms. The van der Waals surface area contributed by atoms with E-state index in [0.717, 1.165) is 16.7 Å². The number of rotatable bonds is 1. The van der Waals surface area contributed by atoms with Crippen molar-refractivity contribution in [2.24, 2.45) is 0 Å². The first-order valence-electron chi connectivity index (χ1n) is 3.82. The second-order valence-electron chi connectivity index (χ2n) is 2.82. The van der Waals surface area contributed by atoms with Gasteiger partial charge in [-0.1, -0.05) is 29.3 Å². The van der Waals surface area contributed by atoms with Crippen LogP contribution in [0, 0.1) is 6.92 Å². The lowest BCUT2D eigenvalue weighted by Crippen LogP contribution is -1.78. The van der Waals surface area contributed by atoms with Crippen LogP contribution in [-0.4, -0.2) is 4.98 Å². The van der Waals surface area contributed by atoms with E-state index in [0.29, 0.717) is 5.89 Å². The molecular formula is C9H7Cl2NO. The second kappa shape index (κ2) is 3.20. The van der Waals surface area contributed by atoms with Gasteiger partial charge in [-0.2, -0.15) is 0 Å². The van der Waals surface area contributed by atoms with Crippen LogP contribution in [0.5, 0.6) is 0 Å². The van der Waals surface area contributed by atoms with E-state index in [-0.39, 0.29) is 0 Å². The molecule has 0 bridgehead atoms. The van der Waals surface area contributed by atoms with Crippen LogP contribution < -0.4 is 0 Å². The van der Waals surface area contributed by atoms with Crippen LogP contribution in [0.1, 0.15) is 16.3 Å². The van der Waals surface area contributed by atoms with E-state index in [4.69, 9.17) is 27.6 Å². The van der Waals surface area contributed by atoms with Gasteiger partial charge < -0.3 is 4.42 Å². The SMILES string of the molecule is Cc1ccc2nc(C(Cl)Cl)oc2c1. The average molecular weight is 216 g/mol. The molecule has 0 N–H and O–H groups in total. The van der Waals surface area contributed by atoms with Gasteiger partial charge in [-0.15, -0.1) is 0 Å². The monoisotopic (exact) mass is 215 g/mol. The summed E-state index contributed by atoms with van der Waals surface area (Å²) in [4.78, 5) is 3.42. The van der Waals surface area contributed by atoms with Gasteiger partial charge in [0.15, 0.2) is 10.4 Å². The fourth-order valence-corrected chi connectivity index (χ4v) is 1.33. The Hall–Kier alpha value is -0.730. The summed E-state index contributed by atoms with van der Waals surface area (Å²) < 4.78 is 5.34. The molecule has 68 valence electrons. The van der Waals surface area contributed by atoms with E-state index in [1.54, 1.807) is 0 Å². The largest absolute Gasteiger partial charge is 0.438 e. The van der Waals surface area contributed by atoms with Crippen LogP contribution in [0.15, 0.2) is 22.6 Å². The quantitative estimate of drug-likeness (QED) is 0.680. The fourth-order valence-electron chi connectivity index (χ4n) is 1.14. The van der Waals surface area contributed by atoms with Gasteiger partial charge in [-0.05, 0) is 24.6 Å². The third-order valence-electron chi connectivity index (χ3n) is 1.75. The number of aromatic nitrogens is 1. The van der Waals surface area contributed by atoms with Crippen molar-refractivity contribution in [3.63, 3.8) is 0 Å². The lowest BCUT2D eigenvalue weighted by molar-refractivity contribution is 0.550. The van der Waals surface area contributed by atoms with E-state index >= 15 is 0 Å². The minimum absolute atomic E-state index is 0.351. The average Bonchev–Trinajstić information content (AvgIpc) is 2.46. The Balaban J connectivity index is 2.62. The summed E-state index contributed by atoms with van der Waals surface area (Å²) in [6.07, 6.45) is 0. The molecule has 2 nitrogen and oxygen atoms in total. The zero-order valence-corrected chi connectivity index (χ0v) is 8.43. The second-order valence-corrected chi connectivity index (χ2v) is 3.92. The summed E-state index contributed by atoms with van der Waals surface area (Å²) in [5, 5.41) is 0. The van der Waals surface area contributed by atoms with Crippen molar-refractivity contribution in [2.45, 2.75) is 11.8 Å². The molecule has 1 aromatic carbocycles. The van der Waals surface area contributed by atoms with E-state index < -0.39 is 4.84 Å². The highest BCUT2D eigenvalue weighted by atomic mass is 35.5. The molecule has 0 amide bonds. The molecule has 0 aliphatic heterocycles. The van der Waals surface area contributed by atoms with Crippen molar-refractivity contribution >= 4 is 34.3 Å². The van der Waals surface area contributed by atoms with E-state index in [1.807, 2.05) is 25.1 Å². The number of fused-ring (bicyclic) bond motifs is 1. The Morgan fingerprint density at radius 3 is 2.85 bits per heavy atom. The first-order chi connectivity index (χ1) is 6.16. The number of alkyl halides is 2. The molecule has 0 aliphatic rings. The first-order valence-corrected chi connectivity index (χ1v) is 4.69. The van der Waals surface area contributed by atoms with Crippen molar-refractivity contribution in [1.29, 1.82) is 0 Å². The van der Waals surface area contributed by atoms with Crippen molar-refractivity contribution in [3.05, 3.63) is 29.7 Å². The first kappa shape index (κ1) is 8.85. The van der Waals surface area contributed by atoms with Crippen LogP contribution in [0.3, 0.4) is 0 Å². The molecule has 0 spiro atoms. The molecule has 0 aliphatic carbocycles. The summed E-state index contributed by atoms with van der Waals surface area (Å²) in [6, 6.07) is 5.75. The standard InChI is InChI=1S/C9H7Cl2NO/c1-5-2-3-6-7(4-5)13-9(12-6)8(10)11/h2-4,8H,1H3. The van der Waals surface area contributed by atoms with Gasteiger partial charge in [0.1, 0.15) is 5.52 Å². The third kappa shape index (κ3) is 1.64. The summed E-state index contributed by atoms with van der Waals surface area (Å²) >= 11 is 11.2. The van der Waals surface area contributed by atoms with Crippen LogP contribution in [0.4, 0.5) is 0 Å². The van der Waals surface area contributed by atoms with E-state index in [9.17, 15) is 0 Å². The molecule has 0 atom stereocenters. The predicted octanol–water partition coefficient (Wildman–Crippen LogP) is 3.61. The van der Waals surface area contributed by atoms with E-state index in [2.05, 4.69) is 4.98 Å². The summed E-state index contributed by atoms with van der Waals surface area (Å²) in [6.45, 7) is 1.99. The molecule has 2 aromatic rings. The topological polar surface area (TPSA) is 26.0 Å². The lowest BCUT2D eigenvalue weighted by atomic mass is 10.2. The number of halogens is 2. The predicted molar refractivity (Wildman–Crippen MR) is 53.2 cm³/mol. The van der Waals surface area contributed by atoms with Crippen molar-refractivity contribution in [1.82, 2.24) is 4.98 Å². The van der Waals surface area contributed by atoms with Gasteiger partial charge >= 0.3 is 0 Å². The fraction of sp³-hybridized carbons (Fsp3) is 0.222. The smallest absolute Gasteiger partial charge is 0.228 e. The van der Waals surface area contributed by atoms with Crippen molar-refractivity contribution < 1.29 is 4.42 Å². The Morgan fingerprint density at radius 2 is 2.15 bits per heavy atom. The number of oxazole rings is 1. The summed E-state index contributed by atoms with van der Waals surface area (Å²) in [5.74, 6) is 0.351. The number of hydrogen-bond acceptors (Lipinski definition) is 2. The highest BCUT2D eigenvalue weighted by Gasteiger charge is 2.11. The molecule has 0 saturated carbocycles. The zero-order chi connectivity index (χ0) is 9.42. The maximum atomic E-state index is 5.62. The summed E-state index contributed by atoms with van der Waals surface area (Å²) in [7, 11) is 0. The maximum absolute atomic E-state index is 5.62. The summed E-state index contributed by atoms with van der Waals surface area (Å²) in [5.41, 5.74) is 2.63. The Labute approximate surface area is 85.5 Å². The van der Waals surface area contributed by atoms with Crippen molar-refractivity contribution in [2.75, 3.05) is 0 Å².